The number of benzene rings is 1. The third-order valence-electron chi connectivity index (χ3n) is 5.36. The van der Waals surface area contributed by atoms with Crippen molar-refractivity contribution in [3.05, 3.63) is 29.8 Å². The van der Waals surface area contributed by atoms with E-state index in [2.05, 4.69) is 5.32 Å². The van der Waals surface area contributed by atoms with Crippen LogP contribution in [-0.4, -0.2) is 51.9 Å². The summed E-state index contributed by atoms with van der Waals surface area (Å²) >= 11 is 0. The van der Waals surface area contributed by atoms with Crippen molar-refractivity contribution in [2.45, 2.75) is 45.6 Å². The van der Waals surface area contributed by atoms with Crippen molar-refractivity contribution < 1.29 is 24.0 Å². The first-order chi connectivity index (χ1) is 13.3. The van der Waals surface area contributed by atoms with Gasteiger partial charge in [-0.05, 0) is 37.8 Å². The number of urea groups is 1. The molecule has 1 N–H and O–H groups in total. The highest BCUT2D eigenvalue weighted by atomic mass is 16.2. The SMILES string of the molecule is CC(=O)c1ccccc1NC(=O)CN1C(=O)C(=O)N([C@H]2CCCC[C@H]2C)C1=O. The molecule has 0 unspecified atom stereocenters. The minimum Gasteiger partial charge on any atom is -0.324 e. The summed E-state index contributed by atoms with van der Waals surface area (Å²) in [6.07, 6.45) is 3.47. The Morgan fingerprint density at radius 3 is 2.43 bits per heavy atom. The van der Waals surface area contributed by atoms with Crippen LogP contribution >= 0.6 is 0 Å². The second-order valence-corrected chi connectivity index (χ2v) is 7.33. The Morgan fingerprint density at radius 2 is 1.75 bits per heavy atom. The summed E-state index contributed by atoms with van der Waals surface area (Å²) in [7, 11) is 0. The van der Waals surface area contributed by atoms with Gasteiger partial charge < -0.3 is 5.32 Å². The Kier molecular flexibility index (Phi) is 5.58. The summed E-state index contributed by atoms with van der Waals surface area (Å²) in [5.74, 6) is -2.62. The van der Waals surface area contributed by atoms with Crippen LogP contribution < -0.4 is 5.32 Å². The van der Waals surface area contributed by atoms with Gasteiger partial charge in [-0.1, -0.05) is 31.9 Å². The highest BCUT2D eigenvalue weighted by Gasteiger charge is 2.49. The smallest absolute Gasteiger partial charge is 0.324 e. The van der Waals surface area contributed by atoms with E-state index < -0.39 is 30.3 Å². The van der Waals surface area contributed by atoms with Crippen molar-refractivity contribution in [2.24, 2.45) is 5.92 Å². The lowest BCUT2D eigenvalue weighted by atomic mass is 9.85. The fourth-order valence-corrected chi connectivity index (χ4v) is 3.87. The number of Topliss-reactive ketones (excluding diaryl/α,β-unsaturated/α-hetero) is 1. The van der Waals surface area contributed by atoms with Crippen LogP contribution in [0.4, 0.5) is 10.5 Å². The summed E-state index contributed by atoms with van der Waals surface area (Å²) in [6, 6.07) is 5.39. The zero-order valence-electron chi connectivity index (χ0n) is 15.9. The lowest BCUT2D eigenvalue weighted by molar-refractivity contribution is -0.145. The average molecular weight is 385 g/mol. The van der Waals surface area contributed by atoms with Crippen LogP contribution in [0.3, 0.4) is 0 Å². The number of rotatable bonds is 5. The number of anilines is 1. The molecule has 0 aromatic heterocycles. The average Bonchev–Trinajstić information content (AvgIpc) is 2.86. The molecule has 2 fully saturated rings. The summed E-state index contributed by atoms with van der Waals surface area (Å²) < 4.78 is 0. The third-order valence-corrected chi connectivity index (χ3v) is 5.36. The summed E-state index contributed by atoms with van der Waals surface area (Å²) in [5, 5.41) is 2.54. The van der Waals surface area contributed by atoms with E-state index in [1.165, 1.54) is 6.92 Å². The molecule has 2 aliphatic rings. The Balaban J connectivity index is 1.73. The second-order valence-electron chi connectivity index (χ2n) is 7.33. The topological polar surface area (TPSA) is 104 Å². The maximum absolute atomic E-state index is 12.7. The van der Waals surface area contributed by atoms with Gasteiger partial charge in [-0.25, -0.2) is 9.69 Å². The molecular weight excluding hydrogens is 362 g/mol. The number of hydrogen-bond donors (Lipinski definition) is 1. The number of hydrogen-bond acceptors (Lipinski definition) is 5. The second kappa shape index (κ2) is 7.92. The fourth-order valence-electron chi connectivity index (χ4n) is 3.87. The van der Waals surface area contributed by atoms with Crippen molar-refractivity contribution in [3.8, 4) is 0 Å². The number of nitrogens with one attached hydrogen (secondary N) is 1. The number of carbonyl (C=O) groups is 5. The van der Waals surface area contributed by atoms with Crippen molar-refractivity contribution in [1.82, 2.24) is 9.80 Å². The Morgan fingerprint density at radius 1 is 1.07 bits per heavy atom. The van der Waals surface area contributed by atoms with E-state index in [-0.39, 0.29) is 17.7 Å². The molecule has 1 aromatic carbocycles. The zero-order valence-corrected chi connectivity index (χ0v) is 15.9. The number of ketones is 1. The lowest BCUT2D eigenvalue weighted by Crippen LogP contribution is -2.46. The normalized spacial score (nSPS) is 22.6. The van der Waals surface area contributed by atoms with Crippen LogP contribution in [0.5, 0.6) is 0 Å². The Labute approximate surface area is 162 Å². The highest BCUT2D eigenvalue weighted by molar-refractivity contribution is 6.45. The molecule has 3 rings (SSSR count). The van der Waals surface area contributed by atoms with Gasteiger partial charge in [-0.15, -0.1) is 0 Å². The van der Waals surface area contributed by atoms with Crippen LogP contribution in [0.15, 0.2) is 24.3 Å². The first-order valence-electron chi connectivity index (χ1n) is 9.40. The van der Waals surface area contributed by atoms with Crippen molar-refractivity contribution >= 4 is 35.2 Å². The first kappa shape index (κ1) is 19.7. The quantitative estimate of drug-likeness (QED) is 0.475. The maximum Gasteiger partial charge on any atom is 0.334 e. The molecule has 8 heteroatoms. The van der Waals surface area contributed by atoms with Crippen molar-refractivity contribution in [2.75, 3.05) is 11.9 Å². The molecule has 0 bridgehead atoms. The molecule has 28 heavy (non-hydrogen) atoms. The minimum absolute atomic E-state index is 0.116. The van der Waals surface area contributed by atoms with Crippen LogP contribution in [0.2, 0.25) is 0 Å². The van der Waals surface area contributed by atoms with Gasteiger partial charge in [0.05, 0.1) is 5.69 Å². The minimum atomic E-state index is -0.988. The zero-order chi connectivity index (χ0) is 20.4. The van der Waals surface area contributed by atoms with Crippen molar-refractivity contribution in [3.63, 3.8) is 0 Å². The number of para-hydroxylation sites is 1. The molecule has 1 aromatic rings. The molecule has 0 radical (unpaired) electrons. The van der Waals surface area contributed by atoms with Gasteiger partial charge in [0.25, 0.3) is 0 Å². The molecule has 0 spiro atoms. The lowest BCUT2D eigenvalue weighted by Gasteiger charge is -2.34. The first-order valence-corrected chi connectivity index (χ1v) is 9.40. The molecule has 148 valence electrons. The summed E-state index contributed by atoms with van der Waals surface area (Å²) in [6.45, 7) is 2.76. The van der Waals surface area contributed by atoms with E-state index in [9.17, 15) is 24.0 Å². The number of carbonyl (C=O) groups excluding carboxylic acids is 5. The Hall–Kier alpha value is -3.03. The largest absolute Gasteiger partial charge is 0.334 e. The molecule has 8 nitrogen and oxygen atoms in total. The van der Waals surface area contributed by atoms with Crippen LogP contribution in [0.1, 0.15) is 49.9 Å². The molecule has 1 heterocycles. The predicted octanol–water partition coefficient (Wildman–Crippen LogP) is 2.20. The summed E-state index contributed by atoms with van der Waals surface area (Å²) in [5.41, 5.74) is 0.617. The molecule has 1 saturated heterocycles. The Bertz CT molecular complexity index is 850. The number of amides is 5. The summed E-state index contributed by atoms with van der Waals surface area (Å²) in [4.78, 5) is 63.2. The van der Waals surface area contributed by atoms with Gasteiger partial charge in [0.15, 0.2) is 5.78 Å². The van der Waals surface area contributed by atoms with Gasteiger partial charge >= 0.3 is 17.8 Å². The van der Waals surface area contributed by atoms with E-state index in [0.29, 0.717) is 22.6 Å². The van der Waals surface area contributed by atoms with E-state index in [0.717, 1.165) is 24.2 Å². The van der Waals surface area contributed by atoms with Crippen LogP contribution in [-0.2, 0) is 14.4 Å². The van der Waals surface area contributed by atoms with Gasteiger partial charge in [0, 0.05) is 11.6 Å². The standard InChI is InChI=1S/C20H23N3O5/c1-12-7-3-6-10-16(12)23-19(27)18(26)22(20(23)28)11-17(25)21-15-9-5-4-8-14(15)13(2)24/h4-5,8-9,12,16H,3,6-7,10-11H2,1-2H3,(H,21,25)/t12-,16+/m1/s1. The molecule has 2 atom stereocenters. The monoisotopic (exact) mass is 385 g/mol. The molecule has 1 saturated carbocycles. The molecule has 1 aliphatic heterocycles. The van der Waals surface area contributed by atoms with Gasteiger partial charge in [0.2, 0.25) is 5.91 Å². The number of nitrogens with zero attached hydrogens (tertiary/aromatic N) is 2. The van der Waals surface area contributed by atoms with E-state index in [1.54, 1.807) is 24.3 Å². The van der Waals surface area contributed by atoms with Gasteiger partial charge in [0.1, 0.15) is 6.54 Å². The maximum atomic E-state index is 12.7. The van der Waals surface area contributed by atoms with Crippen LogP contribution in [0.25, 0.3) is 0 Å². The highest BCUT2D eigenvalue weighted by Crippen LogP contribution is 2.31. The molecule has 1 aliphatic carbocycles. The van der Waals surface area contributed by atoms with E-state index in [1.807, 2.05) is 6.92 Å². The molecule has 5 amide bonds. The van der Waals surface area contributed by atoms with E-state index in [4.69, 9.17) is 0 Å². The third kappa shape index (κ3) is 3.67. The van der Waals surface area contributed by atoms with Gasteiger partial charge in [-0.3, -0.25) is 24.1 Å². The fraction of sp³-hybridized carbons (Fsp3) is 0.450. The number of imide groups is 2. The van der Waals surface area contributed by atoms with Crippen LogP contribution in [0, 0.1) is 5.92 Å². The molecular formula is C20H23N3O5. The predicted molar refractivity (Wildman–Crippen MR) is 100 cm³/mol. The van der Waals surface area contributed by atoms with Crippen molar-refractivity contribution in [1.29, 1.82) is 0 Å². The van der Waals surface area contributed by atoms with Gasteiger partial charge in [-0.2, -0.15) is 0 Å². The van der Waals surface area contributed by atoms with E-state index >= 15 is 0 Å².